The number of anilines is 2. The van der Waals surface area contributed by atoms with Crippen molar-refractivity contribution in [3.8, 4) is 0 Å². The van der Waals surface area contributed by atoms with E-state index < -0.39 is 0 Å². The molecule has 3 fully saturated rings. The second kappa shape index (κ2) is 6.84. The number of ether oxygens (including phenoxy) is 2. The Morgan fingerprint density at radius 1 is 1.29 bits per heavy atom. The van der Waals surface area contributed by atoms with Gasteiger partial charge in [0.1, 0.15) is 18.0 Å². The Kier molecular flexibility index (Phi) is 4.59. The summed E-state index contributed by atoms with van der Waals surface area (Å²) in [6.07, 6.45) is 7.74. The van der Waals surface area contributed by atoms with Crippen molar-refractivity contribution in [3.63, 3.8) is 0 Å². The van der Waals surface area contributed by atoms with E-state index in [1.165, 1.54) is 12.8 Å². The van der Waals surface area contributed by atoms with Crippen LogP contribution in [-0.2, 0) is 9.47 Å². The minimum atomic E-state index is 0.201. The molecule has 0 radical (unpaired) electrons. The Balaban J connectivity index is 1.47. The number of aromatic nitrogens is 2. The first-order chi connectivity index (χ1) is 11.8. The molecule has 2 aliphatic heterocycles. The van der Waals surface area contributed by atoms with Crippen LogP contribution in [0.5, 0.6) is 0 Å². The fourth-order valence-electron chi connectivity index (χ4n) is 4.53. The Morgan fingerprint density at radius 2 is 2.08 bits per heavy atom. The van der Waals surface area contributed by atoms with Crippen LogP contribution in [0.1, 0.15) is 39.0 Å². The average Bonchev–Trinajstić information content (AvgIpc) is 3.17. The van der Waals surface area contributed by atoms with Crippen molar-refractivity contribution in [2.45, 2.75) is 51.2 Å². The molecule has 4 rings (SSSR count). The summed E-state index contributed by atoms with van der Waals surface area (Å²) in [6, 6.07) is 2.52. The fraction of sp³-hybridized carbons (Fsp3) is 0.778. The molecule has 6 heteroatoms. The molecule has 1 saturated carbocycles. The van der Waals surface area contributed by atoms with E-state index in [2.05, 4.69) is 33.2 Å². The quantitative estimate of drug-likeness (QED) is 0.894. The van der Waals surface area contributed by atoms with E-state index in [0.717, 1.165) is 63.8 Å². The molecular formula is C18H28N4O2. The maximum Gasteiger partial charge on any atom is 0.134 e. The Hall–Kier alpha value is -1.40. The Morgan fingerprint density at radius 3 is 2.83 bits per heavy atom. The SMILES string of the molecule is CCO[C@H]1C[C@H](Nc2cc(N3CCCC3)ncn2)C12CCOCC2. The van der Waals surface area contributed by atoms with E-state index in [1.807, 2.05) is 0 Å². The van der Waals surface area contributed by atoms with Gasteiger partial charge < -0.3 is 19.7 Å². The monoisotopic (exact) mass is 332 g/mol. The van der Waals surface area contributed by atoms with Gasteiger partial charge in [0, 0.05) is 50.4 Å². The van der Waals surface area contributed by atoms with Crippen molar-refractivity contribution >= 4 is 11.6 Å². The molecule has 24 heavy (non-hydrogen) atoms. The van der Waals surface area contributed by atoms with E-state index in [1.54, 1.807) is 6.33 Å². The van der Waals surface area contributed by atoms with Crippen molar-refractivity contribution in [2.24, 2.45) is 5.41 Å². The topological polar surface area (TPSA) is 59.5 Å². The van der Waals surface area contributed by atoms with E-state index in [4.69, 9.17) is 9.47 Å². The van der Waals surface area contributed by atoms with Gasteiger partial charge in [0.05, 0.1) is 6.10 Å². The summed E-state index contributed by atoms with van der Waals surface area (Å²) < 4.78 is 11.6. The van der Waals surface area contributed by atoms with Gasteiger partial charge in [-0.1, -0.05) is 0 Å². The number of nitrogens with zero attached hydrogens (tertiary/aromatic N) is 3. The van der Waals surface area contributed by atoms with E-state index in [9.17, 15) is 0 Å². The molecule has 0 aromatic carbocycles. The first-order valence-corrected chi connectivity index (χ1v) is 9.35. The lowest BCUT2D eigenvalue weighted by molar-refractivity contribution is -0.159. The summed E-state index contributed by atoms with van der Waals surface area (Å²) in [4.78, 5) is 11.3. The second-order valence-electron chi connectivity index (χ2n) is 7.18. The Bertz CT molecular complexity index is 556. The highest BCUT2D eigenvalue weighted by Crippen LogP contribution is 2.51. The first-order valence-electron chi connectivity index (χ1n) is 9.35. The van der Waals surface area contributed by atoms with Gasteiger partial charge in [0.2, 0.25) is 0 Å². The van der Waals surface area contributed by atoms with Crippen molar-refractivity contribution in [3.05, 3.63) is 12.4 Å². The molecule has 1 aromatic heterocycles. The third-order valence-corrected chi connectivity index (χ3v) is 5.98. The van der Waals surface area contributed by atoms with Crippen molar-refractivity contribution < 1.29 is 9.47 Å². The number of nitrogens with one attached hydrogen (secondary N) is 1. The Labute approximate surface area is 143 Å². The van der Waals surface area contributed by atoms with Crippen molar-refractivity contribution in [1.82, 2.24) is 9.97 Å². The molecule has 0 unspecified atom stereocenters. The fourth-order valence-corrected chi connectivity index (χ4v) is 4.53. The smallest absolute Gasteiger partial charge is 0.134 e. The van der Waals surface area contributed by atoms with Crippen LogP contribution in [0.3, 0.4) is 0 Å². The highest BCUT2D eigenvalue weighted by atomic mass is 16.5. The molecule has 3 heterocycles. The van der Waals surface area contributed by atoms with Crippen LogP contribution < -0.4 is 10.2 Å². The lowest BCUT2D eigenvalue weighted by Crippen LogP contribution is -2.63. The van der Waals surface area contributed by atoms with E-state index >= 15 is 0 Å². The van der Waals surface area contributed by atoms with Crippen LogP contribution in [-0.4, -0.2) is 55.0 Å². The summed E-state index contributed by atoms with van der Waals surface area (Å²) in [6.45, 7) is 6.75. The van der Waals surface area contributed by atoms with Gasteiger partial charge in [0.25, 0.3) is 0 Å². The maximum absolute atomic E-state index is 6.01. The highest BCUT2D eigenvalue weighted by molar-refractivity contribution is 5.50. The van der Waals surface area contributed by atoms with Crippen LogP contribution in [0.4, 0.5) is 11.6 Å². The van der Waals surface area contributed by atoms with Gasteiger partial charge in [-0.25, -0.2) is 9.97 Å². The molecule has 6 nitrogen and oxygen atoms in total. The van der Waals surface area contributed by atoms with Gasteiger partial charge in [-0.2, -0.15) is 0 Å². The van der Waals surface area contributed by atoms with Crippen LogP contribution in [0.15, 0.2) is 12.4 Å². The average molecular weight is 332 g/mol. The van der Waals surface area contributed by atoms with E-state index in [0.29, 0.717) is 12.1 Å². The minimum Gasteiger partial charge on any atom is -0.381 e. The van der Waals surface area contributed by atoms with Crippen LogP contribution in [0.2, 0.25) is 0 Å². The maximum atomic E-state index is 6.01. The number of rotatable bonds is 5. The lowest BCUT2D eigenvalue weighted by atomic mass is 9.57. The van der Waals surface area contributed by atoms with Crippen molar-refractivity contribution in [2.75, 3.05) is 43.1 Å². The van der Waals surface area contributed by atoms with Gasteiger partial charge >= 0.3 is 0 Å². The number of hydrogen-bond donors (Lipinski definition) is 1. The van der Waals surface area contributed by atoms with Gasteiger partial charge in [-0.05, 0) is 39.0 Å². The van der Waals surface area contributed by atoms with Gasteiger partial charge in [-0.15, -0.1) is 0 Å². The molecular weight excluding hydrogens is 304 g/mol. The second-order valence-corrected chi connectivity index (χ2v) is 7.18. The zero-order valence-electron chi connectivity index (χ0n) is 14.5. The largest absolute Gasteiger partial charge is 0.381 e. The molecule has 0 amide bonds. The van der Waals surface area contributed by atoms with Crippen LogP contribution in [0.25, 0.3) is 0 Å². The summed E-state index contributed by atoms with van der Waals surface area (Å²) >= 11 is 0. The third-order valence-electron chi connectivity index (χ3n) is 5.98. The van der Waals surface area contributed by atoms with Crippen LogP contribution in [0, 0.1) is 5.41 Å². The minimum absolute atomic E-state index is 0.201. The van der Waals surface area contributed by atoms with Gasteiger partial charge in [-0.3, -0.25) is 0 Å². The molecule has 3 aliphatic rings. The summed E-state index contributed by atoms with van der Waals surface area (Å²) in [5.74, 6) is 1.99. The molecule has 132 valence electrons. The summed E-state index contributed by atoms with van der Waals surface area (Å²) in [7, 11) is 0. The summed E-state index contributed by atoms with van der Waals surface area (Å²) in [5.41, 5.74) is 0.201. The first kappa shape index (κ1) is 16.1. The molecule has 1 spiro atoms. The molecule has 1 aliphatic carbocycles. The van der Waals surface area contributed by atoms with Gasteiger partial charge in [0.15, 0.2) is 0 Å². The molecule has 1 N–H and O–H groups in total. The zero-order chi connectivity index (χ0) is 16.4. The third kappa shape index (κ3) is 2.86. The molecule has 1 aromatic rings. The molecule has 0 bridgehead atoms. The standard InChI is InChI=1S/C18H28N4O2/c1-2-24-15-11-14(18(15)5-9-23-10-6-18)21-16-12-17(20-13-19-16)22-7-3-4-8-22/h12-15H,2-11H2,1H3,(H,19,20,21)/t14-,15-/m0/s1. The molecule has 2 saturated heterocycles. The normalized spacial score (nSPS) is 28.8. The predicted molar refractivity (Wildman–Crippen MR) is 93.4 cm³/mol. The molecule has 2 atom stereocenters. The van der Waals surface area contributed by atoms with Crippen LogP contribution >= 0.6 is 0 Å². The lowest BCUT2D eigenvalue weighted by Gasteiger charge is -2.57. The van der Waals surface area contributed by atoms with Crippen molar-refractivity contribution in [1.29, 1.82) is 0 Å². The zero-order valence-corrected chi connectivity index (χ0v) is 14.5. The summed E-state index contributed by atoms with van der Waals surface area (Å²) in [5, 5.41) is 3.68. The highest BCUT2D eigenvalue weighted by Gasteiger charge is 2.56. The number of hydrogen-bond acceptors (Lipinski definition) is 6. The predicted octanol–water partition coefficient (Wildman–Crippen LogP) is 2.46. The van der Waals surface area contributed by atoms with E-state index in [-0.39, 0.29) is 5.41 Å².